The van der Waals surface area contributed by atoms with Crippen molar-refractivity contribution < 1.29 is 23.8 Å². The van der Waals surface area contributed by atoms with Gasteiger partial charge in [0.05, 0.1) is 7.11 Å². The Kier molecular flexibility index (Phi) is 4.34. The first-order valence-electron chi connectivity index (χ1n) is 11.4. The van der Waals surface area contributed by atoms with Crippen LogP contribution in [-0.4, -0.2) is 30.3 Å². The summed E-state index contributed by atoms with van der Waals surface area (Å²) in [4.78, 5) is 24.4. The molecule has 0 heterocycles. The zero-order valence-corrected chi connectivity index (χ0v) is 19.1. The van der Waals surface area contributed by atoms with Crippen LogP contribution in [0.5, 0.6) is 5.75 Å². The molecule has 6 nitrogen and oxygen atoms in total. The number of ether oxygens (including phenoxy) is 3. The summed E-state index contributed by atoms with van der Waals surface area (Å²) in [5.41, 5.74) is -1.06. The van der Waals surface area contributed by atoms with E-state index in [9.17, 15) is 14.9 Å². The van der Waals surface area contributed by atoms with Gasteiger partial charge < -0.3 is 14.2 Å². The highest BCUT2D eigenvalue weighted by Gasteiger charge is 2.84. The van der Waals surface area contributed by atoms with Crippen molar-refractivity contribution in [3.63, 3.8) is 0 Å². The number of esters is 2. The highest BCUT2D eigenvalue weighted by Crippen LogP contribution is 2.78. The molecule has 2 saturated carbocycles. The largest absolute Gasteiger partial charge is 0.497 e. The molecule has 6 heteroatoms. The van der Waals surface area contributed by atoms with Gasteiger partial charge in [-0.25, -0.2) is 0 Å². The number of nitrogens with zero attached hydrogens (tertiary/aromatic N) is 1. The maximum atomic E-state index is 12.3. The fourth-order valence-corrected chi connectivity index (χ4v) is 7.83. The number of methoxy groups -OCH3 is 1. The summed E-state index contributed by atoms with van der Waals surface area (Å²) >= 11 is 0. The van der Waals surface area contributed by atoms with Crippen molar-refractivity contribution in [3.8, 4) is 11.8 Å². The van der Waals surface area contributed by atoms with Gasteiger partial charge in [-0.3, -0.25) is 9.59 Å². The fraction of sp³-hybridized carbons (Fsp3) is 0.577. The number of hydrogen-bond acceptors (Lipinski definition) is 6. The summed E-state index contributed by atoms with van der Waals surface area (Å²) in [6.45, 7) is 4.79. The molecule has 0 unspecified atom stereocenters. The third-order valence-corrected chi connectivity index (χ3v) is 8.98. The topological polar surface area (TPSA) is 85.6 Å². The maximum Gasteiger partial charge on any atom is 0.304 e. The van der Waals surface area contributed by atoms with E-state index >= 15 is 0 Å². The van der Waals surface area contributed by atoms with Crippen molar-refractivity contribution in [1.82, 2.24) is 0 Å². The van der Waals surface area contributed by atoms with Gasteiger partial charge in [0.2, 0.25) is 5.60 Å². The van der Waals surface area contributed by atoms with E-state index in [-0.39, 0.29) is 5.92 Å². The second kappa shape index (κ2) is 6.60. The van der Waals surface area contributed by atoms with Gasteiger partial charge in [-0.1, -0.05) is 19.1 Å². The molecule has 0 aromatic heterocycles. The zero-order valence-electron chi connectivity index (χ0n) is 19.1. The summed E-state index contributed by atoms with van der Waals surface area (Å²) in [7, 11) is 1.69. The van der Waals surface area contributed by atoms with Crippen molar-refractivity contribution >= 4 is 11.9 Å². The average molecular weight is 436 g/mol. The normalized spacial score (nSPS) is 40.5. The van der Waals surface area contributed by atoms with Crippen LogP contribution >= 0.6 is 0 Å². The van der Waals surface area contributed by atoms with Crippen molar-refractivity contribution in [2.75, 3.05) is 7.11 Å². The van der Waals surface area contributed by atoms with Gasteiger partial charge >= 0.3 is 11.9 Å². The van der Waals surface area contributed by atoms with Crippen LogP contribution in [0.4, 0.5) is 0 Å². The summed E-state index contributed by atoms with van der Waals surface area (Å²) in [5.74, 6) is 0.468. The van der Waals surface area contributed by atoms with Gasteiger partial charge in [0.1, 0.15) is 11.8 Å². The molecule has 6 atom stereocenters. The number of rotatable bonds is 3. The van der Waals surface area contributed by atoms with Gasteiger partial charge in [-0.2, -0.15) is 5.26 Å². The first-order chi connectivity index (χ1) is 15.2. The number of hydrogen-bond donors (Lipinski definition) is 0. The summed E-state index contributed by atoms with van der Waals surface area (Å²) in [5, 5.41) is 10.4. The van der Waals surface area contributed by atoms with Crippen LogP contribution in [0, 0.1) is 28.1 Å². The third kappa shape index (κ3) is 2.29. The number of aryl methyl sites for hydroxylation is 1. The lowest BCUT2D eigenvalue weighted by molar-refractivity contribution is -0.200. The Bertz CT molecular complexity index is 1090. The minimum Gasteiger partial charge on any atom is -0.497 e. The predicted octanol–water partition coefficient (Wildman–Crippen LogP) is 4.23. The van der Waals surface area contributed by atoms with Gasteiger partial charge in [-0.05, 0) is 66.9 Å². The molecular weight excluding hydrogens is 406 g/mol. The molecule has 1 aromatic rings. The molecule has 0 amide bonds. The second-order valence-corrected chi connectivity index (χ2v) is 10.1. The minimum atomic E-state index is -1.52. The van der Waals surface area contributed by atoms with Crippen LogP contribution in [-0.2, 0) is 25.5 Å². The van der Waals surface area contributed by atoms with E-state index in [1.165, 1.54) is 25.0 Å². The van der Waals surface area contributed by atoms with Crippen molar-refractivity contribution in [1.29, 1.82) is 5.26 Å². The maximum absolute atomic E-state index is 12.3. The minimum absolute atomic E-state index is 0.265. The van der Waals surface area contributed by atoms with Crippen molar-refractivity contribution in [2.45, 2.75) is 70.0 Å². The number of benzene rings is 1. The quantitative estimate of drug-likeness (QED) is 0.522. The smallest absolute Gasteiger partial charge is 0.304 e. The van der Waals surface area contributed by atoms with Crippen LogP contribution in [0.1, 0.15) is 63.5 Å². The van der Waals surface area contributed by atoms with Crippen molar-refractivity contribution in [2.24, 2.45) is 16.7 Å². The van der Waals surface area contributed by atoms with Gasteiger partial charge in [0.15, 0.2) is 5.60 Å². The molecule has 168 valence electrons. The molecule has 4 aliphatic carbocycles. The van der Waals surface area contributed by atoms with E-state index < -0.39 is 34.0 Å². The van der Waals surface area contributed by atoms with E-state index in [4.69, 9.17) is 14.2 Å². The lowest BCUT2D eigenvalue weighted by Crippen LogP contribution is -2.60. The second-order valence-electron chi connectivity index (χ2n) is 10.1. The number of allylic oxidation sites excluding steroid dienone is 1. The van der Waals surface area contributed by atoms with Crippen LogP contribution in [0.25, 0.3) is 0 Å². The Morgan fingerprint density at radius 1 is 1.12 bits per heavy atom. The molecule has 0 spiro atoms. The molecule has 2 fully saturated rings. The highest BCUT2D eigenvalue weighted by molar-refractivity contribution is 5.71. The van der Waals surface area contributed by atoms with E-state index in [1.54, 1.807) is 7.11 Å². The number of carbonyl (C=O) groups is 2. The lowest BCUT2D eigenvalue weighted by atomic mass is 9.48. The molecule has 0 N–H and O–H groups in total. The SMILES string of the molecule is COc1ccc2c(c1)CC[C@@H]1[C@@H]2CC[C@]2(C)[C@@]3(OC(C)=O)C=C[C@]12C[C@@]3(C#N)OC(C)=O. The number of carbonyl (C=O) groups excluding carboxylic acids is 2. The fourth-order valence-electron chi connectivity index (χ4n) is 7.83. The van der Waals surface area contributed by atoms with E-state index in [2.05, 4.69) is 31.2 Å². The molecule has 1 aromatic carbocycles. The van der Waals surface area contributed by atoms with Crippen LogP contribution < -0.4 is 4.74 Å². The van der Waals surface area contributed by atoms with Crippen LogP contribution in [0.3, 0.4) is 0 Å². The van der Waals surface area contributed by atoms with E-state index in [0.29, 0.717) is 12.3 Å². The highest BCUT2D eigenvalue weighted by atomic mass is 16.6. The molecular formula is C26H29NO5. The molecule has 0 radical (unpaired) electrons. The van der Waals surface area contributed by atoms with Crippen LogP contribution in [0.15, 0.2) is 30.4 Å². The van der Waals surface area contributed by atoms with Gasteiger partial charge in [0, 0.05) is 31.1 Å². The Morgan fingerprint density at radius 3 is 2.53 bits per heavy atom. The number of fused-ring (bicyclic) bond motifs is 3. The summed E-state index contributed by atoms with van der Waals surface area (Å²) in [6.07, 6.45) is 7.98. The molecule has 32 heavy (non-hydrogen) atoms. The molecule has 4 aliphatic rings. The zero-order chi connectivity index (χ0) is 22.9. The lowest BCUT2D eigenvalue weighted by Gasteiger charge is -2.56. The summed E-state index contributed by atoms with van der Waals surface area (Å²) < 4.78 is 17.2. The Labute approximate surface area is 188 Å². The third-order valence-electron chi connectivity index (χ3n) is 8.98. The molecule has 0 aliphatic heterocycles. The first kappa shape index (κ1) is 21.1. The van der Waals surface area contributed by atoms with Crippen molar-refractivity contribution in [3.05, 3.63) is 41.5 Å². The Hall–Kier alpha value is -2.81. The average Bonchev–Trinajstić information content (AvgIpc) is 3.10. The first-order valence-corrected chi connectivity index (χ1v) is 11.4. The van der Waals surface area contributed by atoms with E-state index in [0.717, 1.165) is 31.4 Å². The predicted molar refractivity (Wildman–Crippen MR) is 116 cm³/mol. The standard InChI is InChI=1S/C26H29NO5/c1-16(28)31-25(15-27)14-24-11-12-26(25,32-17(2)29)23(24,3)10-9-21-20-7-6-19(30-4)13-18(20)5-8-22(21)24/h6-7,11-13,21-22H,5,8-10,14H2,1-4H3/t21-,22-,23+,24+,25+,26+/m1/s1. The molecule has 0 saturated heterocycles. The Balaban J connectivity index is 1.66. The molecule has 2 bridgehead atoms. The van der Waals surface area contributed by atoms with E-state index in [1.807, 2.05) is 12.1 Å². The monoisotopic (exact) mass is 435 g/mol. The summed E-state index contributed by atoms with van der Waals surface area (Å²) in [6, 6.07) is 8.64. The Morgan fingerprint density at radius 2 is 1.88 bits per heavy atom. The van der Waals surface area contributed by atoms with Gasteiger partial charge in [0.25, 0.3) is 0 Å². The number of nitriles is 1. The van der Waals surface area contributed by atoms with Gasteiger partial charge in [-0.15, -0.1) is 0 Å². The molecule has 5 rings (SSSR count). The van der Waals surface area contributed by atoms with Crippen LogP contribution in [0.2, 0.25) is 0 Å².